The van der Waals surface area contributed by atoms with Crippen LogP contribution in [0.25, 0.3) is 0 Å². The number of anilines is 1. The van der Waals surface area contributed by atoms with Crippen molar-refractivity contribution in [2.24, 2.45) is 4.99 Å². The first-order valence-corrected chi connectivity index (χ1v) is 10.00. The maximum absolute atomic E-state index is 13.5. The van der Waals surface area contributed by atoms with E-state index in [1.54, 1.807) is 24.3 Å². The molecule has 0 saturated carbocycles. The monoisotopic (exact) mass is 400 g/mol. The van der Waals surface area contributed by atoms with Crippen LogP contribution >= 0.6 is 0 Å². The number of aromatic hydroxyl groups is 1. The lowest BCUT2D eigenvalue weighted by molar-refractivity contribution is 0.373. The Morgan fingerprint density at radius 3 is 2.69 bits per heavy atom. The van der Waals surface area contributed by atoms with Crippen molar-refractivity contribution in [2.75, 3.05) is 31.6 Å². The van der Waals surface area contributed by atoms with E-state index in [9.17, 15) is 9.50 Å². The summed E-state index contributed by atoms with van der Waals surface area (Å²) in [5.74, 6) is 1.12. The number of hydrogen-bond acceptors (Lipinski definition) is 4. The summed E-state index contributed by atoms with van der Waals surface area (Å²) in [6.45, 7) is 4.99. The van der Waals surface area contributed by atoms with Crippen LogP contribution in [0.1, 0.15) is 25.3 Å². The average molecular weight is 400 g/mol. The highest BCUT2D eigenvalue weighted by Crippen LogP contribution is 2.26. The third kappa shape index (κ3) is 5.76. The summed E-state index contributed by atoms with van der Waals surface area (Å²) in [5, 5.41) is 16.7. The summed E-state index contributed by atoms with van der Waals surface area (Å²) < 4.78 is 18.5. The zero-order valence-corrected chi connectivity index (χ0v) is 17.0. The van der Waals surface area contributed by atoms with E-state index in [1.807, 2.05) is 19.1 Å². The van der Waals surface area contributed by atoms with Crippen molar-refractivity contribution in [3.63, 3.8) is 0 Å². The van der Waals surface area contributed by atoms with Gasteiger partial charge >= 0.3 is 0 Å². The van der Waals surface area contributed by atoms with Gasteiger partial charge in [0.25, 0.3) is 0 Å². The predicted octanol–water partition coefficient (Wildman–Crippen LogP) is 3.26. The number of methoxy groups -OCH3 is 1. The zero-order valence-electron chi connectivity index (χ0n) is 17.0. The molecular weight excluding hydrogens is 371 g/mol. The van der Waals surface area contributed by atoms with Gasteiger partial charge in [-0.05, 0) is 55.7 Å². The van der Waals surface area contributed by atoms with E-state index in [4.69, 9.17) is 4.74 Å². The van der Waals surface area contributed by atoms with Gasteiger partial charge in [-0.3, -0.25) is 0 Å². The second-order valence-electron chi connectivity index (χ2n) is 7.09. The first-order valence-electron chi connectivity index (χ1n) is 10.00. The van der Waals surface area contributed by atoms with Crippen molar-refractivity contribution < 1.29 is 14.2 Å². The number of piperidine rings is 1. The second kappa shape index (κ2) is 10.0. The fourth-order valence-corrected chi connectivity index (χ4v) is 3.47. The number of nitrogens with zero attached hydrogens (tertiary/aromatic N) is 2. The van der Waals surface area contributed by atoms with Crippen molar-refractivity contribution in [2.45, 2.75) is 32.4 Å². The number of aliphatic imine (C=N–C) groups is 1. The molecule has 29 heavy (non-hydrogen) atoms. The molecule has 2 aromatic rings. The molecule has 1 heterocycles. The Morgan fingerprint density at radius 1 is 1.24 bits per heavy atom. The number of phenolic OH excluding ortho intramolecular Hbond substituents is 1. The fraction of sp³-hybridized carbons (Fsp3) is 0.409. The Morgan fingerprint density at radius 2 is 2.03 bits per heavy atom. The lowest BCUT2D eigenvalue weighted by Crippen LogP contribution is -2.48. The molecule has 0 aliphatic carbocycles. The molecule has 1 aliphatic rings. The molecule has 0 bridgehead atoms. The molecule has 0 radical (unpaired) electrons. The summed E-state index contributed by atoms with van der Waals surface area (Å²) in [5.41, 5.74) is 1.84. The molecule has 1 saturated heterocycles. The van der Waals surface area contributed by atoms with Gasteiger partial charge in [-0.2, -0.15) is 0 Å². The number of ether oxygens (including phenoxy) is 1. The summed E-state index contributed by atoms with van der Waals surface area (Å²) in [6.07, 6.45) is 1.90. The molecular formula is C22H29FN4O2. The molecule has 3 rings (SSSR count). The van der Waals surface area contributed by atoms with Crippen molar-refractivity contribution in [3.8, 4) is 11.5 Å². The third-order valence-electron chi connectivity index (χ3n) is 5.02. The Balaban J connectivity index is 1.56. The molecule has 0 amide bonds. The number of halogens is 1. The Hall–Kier alpha value is -2.96. The average Bonchev–Trinajstić information content (AvgIpc) is 2.73. The molecule has 0 unspecified atom stereocenters. The van der Waals surface area contributed by atoms with Crippen LogP contribution in [0, 0.1) is 5.82 Å². The number of nitrogens with one attached hydrogen (secondary N) is 2. The molecule has 2 aromatic carbocycles. The van der Waals surface area contributed by atoms with Gasteiger partial charge in [0.2, 0.25) is 0 Å². The van der Waals surface area contributed by atoms with Gasteiger partial charge in [-0.1, -0.05) is 12.1 Å². The Kier molecular flexibility index (Phi) is 7.16. The quantitative estimate of drug-likeness (QED) is 0.513. The molecule has 0 atom stereocenters. The molecule has 1 fully saturated rings. The molecule has 0 aromatic heterocycles. The number of guanidine groups is 1. The normalized spacial score (nSPS) is 15.3. The minimum atomic E-state index is -0.200. The van der Waals surface area contributed by atoms with E-state index in [0.29, 0.717) is 18.3 Å². The summed E-state index contributed by atoms with van der Waals surface area (Å²) in [6, 6.07) is 12.4. The smallest absolute Gasteiger partial charge is 0.191 e. The first-order chi connectivity index (χ1) is 14.1. The Labute approximate surface area is 171 Å². The third-order valence-corrected chi connectivity index (χ3v) is 5.02. The topological polar surface area (TPSA) is 69.1 Å². The number of benzene rings is 2. The highest BCUT2D eigenvalue weighted by Gasteiger charge is 2.20. The summed E-state index contributed by atoms with van der Waals surface area (Å²) >= 11 is 0. The van der Waals surface area contributed by atoms with E-state index in [1.165, 1.54) is 13.2 Å². The van der Waals surface area contributed by atoms with Crippen molar-refractivity contribution in [1.82, 2.24) is 10.6 Å². The molecule has 3 N–H and O–H groups in total. The fourth-order valence-electron chi connectivity index (χ4n) is 3.47. The standard InChI is InChI=1S/C22H29FN4O2/c1-3-24-22(25-15-16-7-8-21(29-2)20(28)13-16)26-18-9-11-27(12-10-18)19-6-4-5-17(23)14-19/h4-8,13-14,18,28H,3,9-12,15H2,1-2H3,(H2,24,25,26). The minimum Gasteiger partial charge on any atom is -0.504 e. The van der Waals surface area contributed by atoms with E-state index in [-0.39, 0.29) is 11.6 Å². The van der Waals surface area contributed by atoms with Crippen LogP contribution in [0.15, 0.2) is 47.5 Å². The highest BCUT2D eigenvalue weighted by molar-refractivity contribution is 5.80. The molecule has 6 nitrogen and oxygen atoms in total. The summed E-state index contributed by atoms with van der Waals surface area (Å²) in [7, 11) is 1.53. The lowest BCUT2D eigenvalue weighted by Gasteiger charge is -2.34. The van der Waals surface area contributed by atoms with Gasteiger partial charge in [0.05, 0.1) is 13.7 Å². The Bertz CT molecular complexity index is 835. The second-order valence-corrected chi connectivity index (χ2v) is 7.09. The van der Waals surface area contributed by atoms with Gasteiger partial charge in [-0.25, -0.2) is 9.38 Å². The van der Waals surface area contributed by atoms with Crippen LogP contribution in [0.2, 0.25) is 0 Å². The van der Waals surface area contributed by atoms with Crippen molar-refractivity contribution in [1.29, 1.82) is 0 Å². The molecule has 7 heteroatoms. The SMILES string of the molecule is CCNC(=NCc1ccc(OC)c(O)c1)NC1CCN(c2cccc(F)c2)CC1. The number of hydrogen-bond donors (Lipinski definition) is 3. The van der Waals surface area contributed by atoms with Crippen LogP contribution in [0.3, 0.4) is 0 Å². The van der Waals surface area contributed by atoms with Gasteiger partial charge in [0, 0.05) is 31.4 Å². The minimum absolute atomic E-state index is 0.114. The number of rotatable bonds is 6. The van der Waals surface area contributed by atoms with Crippen molar-refractivity contribution >= 4 is 11.6 Å². The van der Waals surface area contributed by atoms with Crippen molar-refractivity contribution in [3.05, 3.63) is 53.8 Å². The van der Waals surface area contributed by atoms with Crippen LogP contribution < -0.4 is 20.3 Å². The van der Waals surface area contributed by atoms with Gasteiger partial charge in [0.15, 0.2) is 17.5 Å². The van der Waals surface area contributed by atoms with Crippen LogP contribution in [0.5, 0.6) is 11.5 Å². The van der Waals surface area contributed by atoms with Gasteiger partial charge < -0.3 is 25.4 Å². The van der Waals surface area contributed by atoms with E-state index in [0.717, 1.165) is 49.7 Å². The zero-order chi connectivity index (χ0) is 20.6. The van der Waals surface area contributed by atoms with E-state index < -0.39 is 0 Å². The summed E-state index contributed by atoms with van der Waals surface area (Å²) in [4.78, 5) is 6.86. The lowest BCUT2D eigenvalue weighted by atomic mass is 10.0. The van der Waals surface area contributed by atoms with Crippen LogP contribution in [-0.2, 0) is 6.54 Å². The highest BCUT2D eigenvalue weighted by atomic mass is 19.1. The maximum Gasteiger partial charge on any atom is 0.191 e. The predicted molar refractivity (Wildman–Crippen MR) is 114 cm³/mol. The first kappa shape index (κ1) is 20.8. The largest absolute Gasteiger partial charge is 0.504 e. The van der Waals surface area contributed by atoms with E-state index in [2.05, 4.69) is 20.5 Å². The van der Waals surface area contributed by atoms with Crippen LogP contribution in [-0.4, -0.2) is 43.9 Å². The van der Waals surface area contributed by atoms with E-state index >= 15 is 0 Å². The van der Waals surface area contributed by atoms with Crippen LogP contribution in [0.4, 0.5) is 10.1 Å². The van der Waals surface area contributed by atoms with Gasteiger partial charge in [0.1, 0.15) is 5.82 Å². The maximum atomic E-state index is 13.5. The molecule has 156 valence electrons. The number of phenols is 1. The van der Waals surface area contributed by atoms with Gasteiger partial charge in [-0.15, -0.1) is 0 Å². The molecule has 0 spiro atoms. The molecule has 1 aliphatic heterocycles.